The molecule has 2 N–H and O–H groups in total. The average Bonchev–Trinajstić information content (AvgIpc) is 1.91. The zero-order chi connectivity index (χ0) is 9.19. The van der Waals surface area contributed by atoms with Crippen LogP contribution >= 0.6 is 19.1 Å². The molecule has 0 fully saturated rings. The Bertz CT molecular complexity index is 306. The fourth-order valence-electron chi connectivity index (χ4n) is 0.705. The molecule has 1 rings (SSSR count). The summed E-state index contributed by atoms with van der Waals surface area (Å²) in [5.74, 6) is 0.465. The van der Waals surface area contributed by atoms with Crippen molar-refractivity contribution >= 4 is 19.1 Å². The van der Waals surface area contributed by atoms with Crippen LogP contribution in [0.15, 0.2) is 24.3 Å². The zero-order valence-corrected chi connectivity index (χ0v) is 8.18. The Hall–Kier alpha value is -0.500. The molecule has 0 saturated carbocycles. The van der Waals surface area contributed by atoms with Gasteiger partial charge in [0.2, 0.25) is 0 Å². The quantitative estimate of drug-likeness (QED) is 0.755. The summed E-state index contributed by atoms with van der Waals surface area (Å²) in [5, 5.41) is 0.602. The molecule has 3 nitrogen and oxygen atoms in total. The maximum absolute atomic E-state index is 11.0. The number of rotatable bonds is 2. The van der Waals surface area contributed by atoms with Crippen LogP contribution in [-0.2, 0) is 4.57 Å². The SMILES string of the molecule is C[P@@](N)(=O)Oc1ccc(Cl)cc1. The van der Waals surface area contributed by atoms with E-state index in [0.717, 1.165) is 0 Å². The van der Waals surface area contributed by atoms with Gasteiger partial charge in [0.25, 0.3) is 0 Å². The normalized spacial score (nSPS) is 15.2. The first-order valence-electron chi connectivity index (χ1n) is 3.29. The van der Waals surface area contributed by atoms with E-state index in [-0.39, 0.29) is 0 Å². The van der Waals surface area contributed by atoms with Crippen molar-refractivity contribution in [3.05, 3.63) is 29.3 Å². The molecule has 0 heterocycles. The van der Waals surface area contributed by atoms with Crippen LogP contribution in [0.5, 0.6) is 5.75 Å². The van der Waals surface area contributed by atoms with E-state index in [4.69, 9.17) is 21.6 Å². The summed E-state index contributed by atoms with van der Waals surface area (Å²) < 4.78 is 15.9. The van der Waals surface area contributed by atoms with Gasteiger partial charge in [0.05, 0.1) is 0 Å². The van der Waals surface area contributed by atoms with Crippen LogP contribution in [0.25, 0.3) is 0 Å². The standard InChI is InChI=1S/C7H9ClNO2P/c1-12(9,10)11-7-4-2-6(8)3-5-7/h2-5H,1H3,(H2,9,10)/t12-/m1/s1. The number of halogens is 1. The summed E-state index contributed by atoms with van der Waals surface area (Å²) in [6.45, 7) is 1.35. The molecular weight excluding hydrogens is 197 g/mol. The summed E-state index contributed by atoms with van der Waals surface area (Å²) in [6.07, 6.45) is 0. The van der Waals surface area contributed by atoms with Crippen LogP contribution in [0.4, 0.5) is 0 Å². The van der Waals surface area contributed by atoms with Gasteiger partial charge in [-0.2, -0.15) is 0 Å². The largest absolute Gasteiger partial charge is 0.433 e. The molecule has 1 aromatic rings. The molecule has 0 saturated heterocycles. The van der Waals surface area contributed by atoms with Crippen molar-refractivity contribution in [2.24, 2.45) is 5.50 Å². The number of hydrogen-bond acceptors (Lipinski definition) is 2. The Kier molecular flexibility index (Phi) is 2.78. The van der Waals surface area contributed by atoms with E-state index in [9.17, 15) is 4.57 Å². The lowest BCUT2D eigenvalue weighted by Crippen LogP contribution is -1.99. The molecule has 0 unspecified atom stereocenters. The Labute approximate surface area is 76.0 Å². The van der Waals surface area contributed by atoms with E-state index in [0.29, 0.717) is 10.8 Å². The van der Waals surface area contributed by atoms with Crippen molar-refractivity contribution in [2.45, 2.75) is 0 Å². The second-order valence-electron chi connectivity index (χ2n) is 2.45. The van der Waals surface area contributed by atoms with Crippen molar-refractivity contribution in [3.63, 3.8) is 0 Å². The minimum atomic E-state index is -2.95. The second kappa shape index (κ2) is 3.48. The molecule has 66 valence electrons. The fourth-order valence-corrected chi connectivity index (χ4v) is 1.37. The van der Waals surface area contributed by atoms with Crippen LogP contribution in [0, 0.1) is 0 Å². The zero-order valence-electron chi connectivity index (χ0n) is 6.53. The van der Waals surface area contributed by atoms with Crippen molar-refractivity contribution in [3.8, 4) is 5.75 Å². The van der Waals surface area contributed by atoms with Crippen molar-refractivity contribution in [2.75, 3.05) is 6.66 Å². The summed E-state index contributed by atoms with van der Waals surface area (Å²) in [4.78, 5) is 0. The molecule has 0 aliphatic carbocycles. The molecule has 0 aliphatic rings. The first kappa shape index (κ1) is 9.59. The third kappa shape index (κ3) is 3.26. The van der Waals surface area contributed by atoms with Crippen LogP contribution in [0.1, 0.15) is 0 Å². The van der Waals surface area contributed by atoms with E-state index in [1.807, 2.05) is 0 Å². The first-order valence-corrected chi connectivity index (χ1v) is 5.80. The van der Waals surface area contributed by atoms with Crippen molar-refractivity contribution in [1.29, 1.82) is 0 Å². The van der Waals surface area contributed by atoms with Gasteiger partial charge < -0.3 is 4.52 Å². The Morgan fingerprint density at radius 1 is 1.42 bits per heavy atom. The Balaban J connectivity index is 2.78. The van der Waals surface area contributed by atoms with Gasteiger partial charge in [-0.05, 0) is 24.3 Å². The first-order chi connectivity index (χ1) is 5.47. The highest BCUT2D eigenvalue weighted by Gasteiger charge is 2.08. The van der Waals surface area contributed by atoms with E-state index < -0.39 is 7.52 Å². The minimum Gasteiger partial charge on any atom is -0.433 e. The van der Waals surface area contributed by atoms with Gasteiger partial charge in [0.15, 0.2) is 0 Å². The minimum absolute atomic E-state index is 0.465. The maximum atomic E-state index is 11.0. The molecule has 0 amide bonds. The highest BCUT2D eigenvalue weighted by molar-refractivity contribution is 7.56. The number of nitrogens with two attached hydrogens (primary N) is 1. The summed E-state index contributed by atoms with van der Waals surface area (Å²) in [5.41, 5.74) is 5.21. The smallest absolute Gasteiger partial charge is 0.310 e. The van der Waals surface area contributed by atoms with Gasteiger partial charge in [-0.1, -0.05) is 11.6 Å². The van der Waals surface area contributed by atoms with Crippen LogP contribution in [-0.4, -0.2) is 6.66 Å². The topological polar surface area (TPSA) is 52.3 Å². The lowest BCUT2D eigenvalue weighted by molar-refractivity contribution is 0.489. The maximum Gasteiger partial charge on any atom is 0.310 e. The summed E-state index contributed by atoms with van der Waals surface area (Å²) in [7, 11) is -2.95. The molecule has 1 atom stereocenters. The Morgan fingerprint density at radius 3 is 2.33 bits per heavy atom. The highest BCUT2D eigenvalue weighted by Crippen LogP contribution is 2.34. The third-order valence-electron chi connectivity index (χ3n) is 1.10. The molecule has 0 spiro atoms. The van der Waals surface area contributed by atoms with Gasteiger partial charge in [-0.3, -0.25) is 4.57 Å². The molecule has 0 aromatic heterocycles. The molecular formula is C7H9ClNO2P. The average molecular weight is 206 g/mol. The van der Waals surface area contributed by atoms with Gasteiger partial charge in [-0.25, -0.2) is 5.50 Å². The van der Waals surface area contributed by atoms with Crippen LogP contribution < -0.4 is 10.0 Å². The highest BCUT2D eigenvalue weighted by atomic mass is 35.5. The van der Waals surface area contributed by atoms with Crippen molar-refractivity contribution < 1.29 is 9.09 Å². The number of benzene rings is 1. The van der Waals surface area contributed by atoms with E-state index in [2.05, 4.69) is 0 Å². The molecule has 12 heavy (non-hydrogen) atoms. The monoisotopic (exact) mass is 205 g/mol. The van der Waals surface area contributed by atoms with Gasteiger partial charge in [0, 0.05) is 11.7 Å². The van der Waals surface area contributed by atoms with E-state index >= 15 is 0 Å². The van der Waals surface area contributed by atoms with Gasteiger partial charge >= 0.3 is 7.52 Å². The third-order valence-corrected chi connectivity index (χ3v) is 1.93. The van der Waals surface area contributed by atoms with Gasteiger partial charge in [0.1, 0.15) is 5.75 Å². The Morgan fingerprint density at radius 2 is 1.92 bits per heavy atom. The van der Waals surface area contributed by atoms with E-state index in [1.165, 1.54) is 6.66 Å². The molecule has 0 radical (unpaired) electrons. The molecule has 0 aliphatic heterocycles. The van der Waals surface area contributed by atoms with E-state index in [1.54, 1.807) is 24.3 Å². The fraction of sp³-hybridized carbons (Fsp3) is 0.143. The second-order valence-corrected chi connectivity index (χ2v) is 4.89. The summed E-state index contributed by atoms with van der Waals surface area (Å²) in [6, 6.07) is 6.52. The lowest BCUT2D eigenvalue weighted by atomic mass is 10.3. The molecule has 1 aromatic carbocycles. The van der Waals surface area contributed by atoms with Crippen LogP contribution in [0.2, 0.25) is 5.02 Å². The lowest BCUT2D eigenvalue weighted by Gasteiger charge is -2.08. The van der Waals surface area contributed by atoms with Crippen LogP contribution in [0.3, 0.4) is 0 Å². The van der Waals surface area contributed by atoms with Gasteiger partial charge in [-0.15, -0.1) is 0 Å². The number of hydrogen-bond donors (Lipinski definition) is 1. The molecule has 5 heteroatoms. The van der Waals surface area contributed by atoms with Crippen molar-refractivity contribution in [1.82, 2.24) is 0 Å². The molecule has 0 bridgehead atoms. The predicted molar refractivity (Wildman–Crippen MR) is 49.8 cm³/mol. The summed E-state index contributed by atoms with van der Waals surface area (Å²) >= 11 is 5.63. The predicted octanol–water partition coefficient (Wildman–Crippen LogP) is 2.50.